The van der Waals surface area contributed by atoms with Gasteiger partial charge >= 0.3 is 18.4 Å². The van der Waals surface area contributed by atoms with E-state index in [2.05, 4.69) is 10.3 Å². The van der Waals surface area contributed by atoms with Crippen molar-refractivity contribution < 1.29 is 35.9 Å². The molecule has 1 aromatic heterocycles. The molecule has 0 fully saturated rings. The van der Waals surface area contributed by atoms with Crippen LogP contribution < -0.4 is 5.32 Å². The van der Waals surface area contributed by atoms with Gasteiger partial charge in [-0.25, -0.2) is 9.78 Å². The monoisotopic (exact) mass is 426 g/mol. The number of ether oxygens (including phenoxy) is 1. The Balaban J connectivity index is 2.22. The molecular weight excluding hydrogens is 410 g/mol. The largest absolute Gasteiger partial charge is 0.444 e. The van der Waals surface area contributed by atoms with Crippen LogP contribution in [0.4, 0.5) is 36.1 Å². The second kappa shape index (κ2) is 7.61. The summed E-state index contributed by atoms with van der Waals surface area (Å²) in [5.74, 6) is 0. The van der Waals surface area contributed by atoms with Crippen LogP contribution in [0, 0.1) is 0 Å². The van der Waals surface area contributed by atoms with Crippen LogP contribution in [-0.2, 0) is 23.5 Å². The normalized spacial score (nSPS) is 12.8. The minimum absolute atomic E-state index is 0.0703. The molecule has 0 bridgehead atoms. The smallest absolute Gasteiger partial charge is 0.416 e. The molecule has 28 heavy (non-hydrogen) atoms. The molecule has 11 heteroatoms. The third-order valence-electron chi connectivity index (χ3n) is 3.18. The van der Waals surface area contributed by atoms with Crippen LogP contribution >= 0.6 is 11.3 Å². The molecule has 0 radical (unpaired) electrons. The van der Waals surface area contributed by atoms with Crippen molar-refractivity contribution in [2.75, 3.05) is 5.32 Å². The third kappa shape index (κ3) is 6.39. The first kappa shape index (κ1) is 22.0. The van der Waals surface area contributed by atoms with Crippen LogP contribution in [0.2, 0.25) is 0 Å². The van der Waals surface area contributed by atoms with E-state index in [1.807, 2.05) is 0 Å². The Labute approximate surface area is 160 Å². The van der Waals surface area contributed by atoms with Gasteiger partial charge in [0.1, 0.15) is 10.6 Å². The van der Waals surface area contributed by atoms with E-state index in [-0.39, 0.29) is 28.1 Å². The Morgan fingerprint density at radius 1 is 1.04 bits per heavy atom. The summed E-state index contributed by atoms with van der Waals surface area (Å²) >= 11 is 0.923. The molecule has 0 unspecified atom stereocenters. The van der Waals surface area contributed by atoms with Crippen molar-refractivity contribution in [2.24, 2.45) is 0 Å². The molecule has 2 aromatic rings. The van der Waals surface area contributed by atoms with E-state index < -0.39 is 35.2 Å². The summed E-state index contributed by atoms with van der Waals surface area (Å²) in [5, 5.41) is 2.90. The minimum atomic E-state index is -4.91. The summed E-state index contributed by atoms with van der Waals surface area (Å²) in [6.07, 6.45) is -9.58. The molecule has 4 nitrogen and oxygen atoms in total. The predicted molar refractivity (Wildman–Crippen MR) is 91.2 cm³/mol. The zero-order valence-corrected chi connectivity index (χ0v) is 15.8. The number of aromatic nitrogens is 1. The van der Waals surface area contributed by atoms with Gasteiger partial charge < -0.3 is 4.74 Å². The van der Waals surface area contributed by atoms with E-state index in [0.717, 1.165) is 11.3 Å². The van der Waals surface area contributed by atoms with E-state index >= 15 is 0 Å². The number of hydrogen-bond acceptors (Lipinski definition) is 4. The highest BCUT2D eigenvalue weighted by Gasteiger charge is 2.36. The average molecular weight is 426 g/mol. The topological polar surface area (TPSA) is 51.2 Å². The number of carbonyl (C=O) groups excluding carboxylic acids is 1. The fraction of sp³-hybridized carbons (Fsp3) is 0.412. The second-order valence-corrected chi connectivity index (χ2v) is 7.95. The summed E-state index contributed by atoms with van der Waals surface area (Å²) in [7, 11) is 0. The van der Waals surface area contributed by atoms with Crippen molar-refractivity contribution in [1.29, 1.82) is 0 Å². The molecule has 0 aliphatic rings. The number of hydrogen-bond donors (Lipinski definition) is 1. The van der Waals surface area contributed by atoms with E-state index in [1.54, 1.807) is 20.8 Å². The molecule has 1 amide bonds. The molecule has 1 heterocycles. The van der Waals surface area contributed by atoms with Crippen molar-refractivity contribution >= 4 is 22.4 Å². The molecule has 2 rings (SSSR count). The molecule has 0 spiro atoms. The zero-order chi connectivity index (χ0) is 21.3. The average Bonchev–Trinajstić information content (AvgIpc) is 2.89. The van der Waals surface area contributed by atoms with Gasteiger partial charge in [-0.1, -0.05) is 0 Å². The first-order chi connectivity index (χ1) is 12.6. The molecule has 0 saturated heterocycles. The van der Waals surface area contributed by atoms with Crippen LogP contribution in [0.15, 0.2) is 24.4 Å². The van der Waals surface area contributed by atoms with Gasteiger partial charge in [-0.15, -0.1) is 11.3 Å². The molecule has 1 aromatic carbocycles. The number of carbonyl (C=O) groups is 1. The van der Waals surface area contributed by atoms with Crippen molar-refractivity contribution in [3.8, 4) is 0 Å². The summed E-state index contributed by atoms with van der Waals surface area (Å²) in [6.45, 7) is 4.99. The summed E-state index contributed by atoms with van der Waals surface area (Å²) < 4.78 is 82.5. The highest BCUT2D eigenvalue weighted by atomic mass is 32.1. The van der Waals surface area contributed by atoms with Crippen LogP contribution in [-0.4, -0.2) is 16.7 Å². The number of benzene rings is 1. The van der Waals surface area contributed by atoms with E-state index in [1.165, 1.54) is 6.20 Å². The Morgan fingerprint density at radius 3 is 2.04 bits per heavy atom. The van der Waals surface area contributed by atoms with Gasteiger partial charge in [-0.3, -0.25) is 5.32 Å². The zero-order valence-electron chi connectivity index (χ0n) is 15.0. The summed E-state index contributed by atoms with van der Waals surface area (Å²) in [4.78, 5) is 15.6. The lowest BCUT2D eigenvalue weighted by atomic mass is 10.0. The number of rotatable bonds is 3. The highest BCUT2D eigenvalue weighted by molar-refractivity contribution is 7.15. The second-order valence-electron chi connectivity index (χ2n) is 6.84. The lowest BCUT2D eigenvalue weighted by molar-refractivity contribution is -0.143. The molecule has 1 N–H and O–H groups in total. The number of thiazole rings is 1. The maximum absolute atomic E-state index is 12.9. The molecule has 0 saturated carbocycles. The van der Waals surface area contributed by atoms with Gasteiger partial charge in [0.25, 0.3) is 0 Å². The fourth-order valence-electron chi connectivity index (χ4n) is 2.15. The van der Waals surface area contributed by atoms with Gasteiger partial charge in [0.2, 0.25) is 0 Å². The third-order valence-corrected chi connectivity index (χ3v) is 4.09. The van der Waals surface area contributed by atoms with Gasteiger partial charge in [0.15, 0.2) is 0 Å². The predicted octanol–water partition coefficient (Wildman–Crippen LogP) is 6.12. The van der Waals surface area contributed by atoms with Gasteiger partial charge in [-0.2, -0.15) is 26.3 Å². The van der Waals surface area contributed by atoms with Crippen LogP contribution in [0.25, 0.3) is 0 Å². The van der Waals surface area contributed by atoms with Gasteiger partial charge in [0, 0.05) is 6.42 Å². The Morgan fingerprint density at radius 2 is 1.57 bits per heavy atom. The maximum Gasteiger partial charge on any atom is 0.416 e. The number of halogens is 6. The van der Waals surface area contributed by atoms with E-state index in [0.29, 0.717) is 12.1 Å². The Bertz CT molecular complexity index is 820. The quantitative estimate of drug-likeness (QED) is 0.602. The number of amides is 1. The SMILES string of the molecule is CC(C)(C)OC(=O)Nc1cnc(Cc2cc(C(F)(F)F)cc(C(F)(F)F)c2)s1. The number of alkyl halides is 6. The molecule has 0 aliphatic heterocycles. The van der Waals surface area contributed by atoms with E-state index in [9.17, 15) is 31.1 Å². The molecule has 0 aliphatic carbocycles. The standard InChI is InChI=1S/C17H16F6N2O2S/c1-15(2,3)27-14(26)25-13-8-24-12(28-13)6-9-4-10(16(18,19)20)7-11(5-9)17(21,22)23/h4-5,7-8H,6H2,1-3H3,(H,25,26). The molecular formula is C17H16F6N2O2S. The lowest BCUT2D eigenvalue weighted by Gasteiger charge is -2.19. The summed E-state index contributed by atoms with van der Waals surface area (Å²) in [6, 6.07) is 1.37. The highest BCUT2D eigenvalue weighted by Crippen LogP contribution is 2.37. The number of nitrogens with zero attached hydrogens (tertiary/aromatic N) is 1. The van der Waals surface area contributed by atoms with Crippen molar-refractivity contribution in [1.82, 2.24) is 4.98 Å². The molecule has 154 valence electrons. The van der Waals surface area contributed by atoms with Crippen LogP contribution in [0.3, 0.4) is 0 Å². The minimum Gasteiger partial charge on any atom is -0.444 e. The Hall–Kier alpha value is -2.30. The first-order valence-corrected chi connectivity index (χ1v) is 8.68. The van der Waals surface area contributed by atoms with Crippen molar-refractivity contribution in [3.63, 3.8) is 0 Å². The van der Waals surface area contributed by atoms with Crippen molar-refractivity contribution in [3.05, 3.63) is 46.1 Å². The van der Waals surface area contributed by atoms with Crippen LogP contribution in [0.1, 0.15) is 42.5 Å². The fourth-order valence-corrected chi connectivity index (χ4v) is 2.99. The first-order valence-electron chi connectivity index (χ1n) is 7.86. The number of anilines is 1. The van der Waals surface area contributed by atoms with Crippen molar-refractivity contribution in [2.45, 2.75) is 45.1 Å². The number of nitrogens with one attached hydrogen (secondary N) is 1. The Kier molecular flexibility index (Phi) is 5.98. The van der Waals surface area contributed by atoms with E-state index in [4.69, 9.17) is 4.74 Å². The lowest BCUT2D eigenvalue weighted by Crippen LogP contribution is -2.26. The van der Waals surface area contributed by atoms with Gasteiger partial charge in [0.05, 0.1) is 22.3 Å². The van der Waals surface area contributed by atoms with Crippen LogP contribution in [0.5, 0.6) is 0 Å². The molecule has 0 atom stereocenters. The van der Waals surface area contributed by atoms with Gasteiger partial charge in [-0.05, 0) is 44.5 Å². The maximum atomic E-state index is 12.9. The summed E-state index contributed by atoms with van der Waals surface area (Å²) in [5.41, 5.74) is -3.70.